The molecule has 17 heavy (non-hydrogen) atoms. The van der Waals surface area contributed by atoms with Crippen molar-refractivity contribution in [1.29, 1.82) is 0 Å². The highest BCUT2D eigenvalue weighted by atomic mass is 15.2. The Labute approximate surface area is 103 Å². The SMILES string of the molecule is c1cc(CN(C2CCNCC2)C2CC2)ccn1. The van der Waals surface area contributed by atoms with Gasteiger partial charge in [0.25, 0.3) is 0 Å². The summed E-state index contributed by atoms with van der Waals surface area (Å²) in [5, 5.41) is 3.46. The predicted molar refractivity (Wildman–Crippen MR) is 68.7 cm³/mol. The molecule has 1 aromatic rings. The fourth-order valence-corrected chi connectivity index (χ4v) is 2.80. The summed E-state index contributed by atoms with van der Waals surface area (Å²) in [4.78, 5) is 6.83. The lowest BCUT2D eigenvalue weighted by Crippen LogP contribution is -2.43. The van der Waals surface area contributed by atoms with Crippen LogP contribution in [-0.2, 0) is 6.54 Å². The van der Waals surface area contributed by atoms with Gasteiger partial charge in [0.15, 0.2) is 0 Å². The van der Waals surface area contributed by atoms with E-state index in [0.717, 1.165) is 18.6 Å². The average molecular weight is 231 g/mol. The van der Waals surface area contributed by atoms with Crippen molar-refractivity contribution in [2.24, 2.45) is 0 Å². The molecule has 1 aliphatic carbocycles. The highest BCUT2D eigenvalue weighted by Gasteiger charge is 2.34. The largest absolute Gasteiger partial charge is 0.317 e. The summed E-state index contributed by atoms with van der Waals surface area (Å²) >= 11 is 0. The van der Waals surface area contributed by atoms with Crippen molar-refractivity contribution in [3.05, 3.63) is 30.1 Å². The number of nitrogens with one attached hydrogen (secondary N) is 1. The van der Waals surface area contributed by atoms with Crippen LogP contribution < -0.4 is 5.32 Å². The molecule has 3 heteroatoms. The summed E-state index contributed by atoms with van der Waals surface area (Å²) in [6.45, 7) is 3.48. The Kier molecular flexibility index (Phi) is 3.39. The first-order valence-corrected chi connectivity index (χ1v) is 6.79. The number of piperidine rings is 1. The first-order chi connectivity index (χ1) is 8.43. The van der Waals surface area contributed by atoms with Gasteiger partial charge in [0.1, 0.15) is 0 Å². The van der Waals surface area contributed by atoms with Crippen LogP contribution in [0.4, 0.5) is 0 Å². The van der Waals surface area contributed by atoms with Gasteiger partial charge in [-0.25, -0.2) is 0 Å². The topological polar surface area (TPSA) is 28.2 Å². The molecular formula is C14H21N3. The summed E-state index contributed by atoms with van der Waals surface area (Å²) in [5.74, 6) is 0. The molecule has 3 nitrogen and oxygen atoms in total. The van der Waals surface area contributed by atoms with E-state index in [2.05, 4.69) is 27.3 Å². The number of hydrogen-bond donors (Lipinski definition) is 1. The second-order valence-electron chi connectivity index (χ2n) is 5.24. The fraction of sp³-hybridized carbons (Fsp3) is 0.643. The number of nitrogens with zero attached hydrogens (tertiary/aromatic N) is 2. The molecule has 0 atom stereocenters. The van der Waals surface area contributed by atoms with Crippen molar-refractivity contribution < 1.29 is 0 Å². The molecule has 1 saturated heterocycles. The van der Waals surface area contributed by atoms with E-state index >= 15 is 0 Å². The van der Waals surface area contributed by atoms with Crippen molar-refractivity contribution in [2.75, 3.05) is 13.1 Å². The van der Waals surface area contributed by atoms with Crippen LogP contribution in [0.2, 0.25) is 0 Å². The maximum Gasteiger partial charge on any atom is 0.0271 e. The molecule has 0 bridgehead atoms. The Bertz CT molecular complexity index is 342. The minimum absolute atomic E-state index is 0.789. The normalized spacial score (nSPS) is 21.9. The second kappa shape index (κ2) is 5.15. The van der Waals surface area contributed by atoms with Crippen LogP contribution in [0.1, 0.15) is 31.2 Å². The van der Waals surface area contributed by atoms with Crippen LogP contribution in [0.15, 0.2) is 24.5 Å². The summed E-state index contributed by atoms with van der Waals surface area (Å²) in [5.41, 5.74) is 1.41. The molecule has 2 fully saturated rings. The molecule has 1 aliphatic heterocycles. The molecule has 0 spiro atoms. The second-order valence-corrected chi connectivity index (χ2v) is 5.24. The monoisotopic (exact) mass is 231 g/mol. The number of pyridine rings is 1. The molecule has 1 N–H and O–H groups in total. The van der Waals surface area contributed by atoms with Gasteiger partial charge in [0, 0.05) is 31.0 Å². The zero-order valence-corrected chi connectivity index (χ0v) is 10.3. The van der Waals surface area contributed by atoms with Gasteiger partial charge in [-0.05, 0) is 56.5 Å². The van der Waals surface area contributed by atoms with Crippen molar-refractivity contribution >= 4 is 0 Å². The van der Waals surface area contributed by atoms with E-state index in [4.69, 9.17) is 0 Å². The smallest absolute Gasteiger partial charge is 0.0271 e. The zero-order chi connectivity index (χ0) is 11.5. The lowest BCUT2D eigenvalue weighted by atomic mass is 10.0. The number of hydrogen-bond acceptors (Lipinski definition) is 3. The Balaban J connectivity index is 1.67. The fourth-order valence-electron chi connectivity index (χ4n) is 2.80. The Morgan fingerprint density at radius 2 is 1.71 bits per heavy atom. The minimum Gasteiger partial charge on any atom is -0.317 e. The van der Waals surface area contributed by atoms with Crippen molar-refractivity contribution in [2.45, 2.75) is 44.3 Å². The predicted octanol–water partition coefficient (Wildman–Crippen LogP) is 1.80. The van der Waals surface area contributed by atoms with E-state index in [-0.39, 0.29) is 0 Å². The molecule has 0 aromatic carbocycles. The minimum atomic E-state index is 0.789. The Morgan fingerprint density at radius 1 is 1.06 bits per heavy atom. The van der Waals surface area contributed by atoms with E-state index in [1.165, 1.54) is 44.3 Å². The van der Waals surface area contributed by atoms with Crippen LogP contribution in [0, 0.1) is 0 Å². The third kappa shape index (κ3) is 2.85. The standard InChI is InChI=1S/C14H21N3/c1-2-13(1)17(14-5-9-16-10-6-14)11-12-3-7-15-8-4-12/h3-4,7-8,13-14,16H,1-2,5-6,9-11H2. The lowest BCUT2D eigenvalue weighted by molar-refractivity contribution is 0.145. The van der Waals surface area contributed by atoms with Gasteiger partial charge in [-0.1, -0.05) is 0 Å². The van der Waals surface area contributed by atoms with E-state index in [0.29, 0.717) is 0 Å². The summed E-state index contributed by atoms with van der Waals surface area (Å²) in [6.07, 6.45) is 9.22. The van der Waals surface area contributed by atoms with Gasteiger partial charge in [-0.3, -0.25) is 9.88 Å². The van der Waals surface area contributed by atoms with E-state index in [1.807, 2.05) is 12.4 Å². The van der Waals surface area contributed by atoms with E-state index in [1.54, 1.807) is 0 Å². The molecule has 1 aromatic heterocycles. The maximum absolute atomic E-state index is 4.10. The molecule has 3 rings (SSSR count). The molecule has 92 valence electrons. The van der Waals surface area contributed by atoms with Gasteiger partial charge in [-0.2, -0.15) is 0 Å². The molecule has 2 aliphatic rings. The van der Waals surface area contributed by atoms with Crippen LogP contribution in [0.25, 0.3) is 0 Å². The van der Waals surface area contributed by atoms with Crippen LogP contribution >= 0.6 is 0 Å². The van der Waals surface area contributed by atoms with Crippen LogP contribution in [0.5, 0.6) is 0 Å². The molecule has 0 unspecified atom stereocenters. The van der Waals surface area contributed by atoms with Crippen molar-refractivity contribution in [3.63, 3.8) is 0 Å². The Morgan fingerprint density at radius 3 is 2.35 bits per heavy atom. The third-order valence-corrected chi connectivity index (χ3v) is 3.91. The van der Waals surface area contributed by atoms with Crippen LogP contribution in [-0.4, -0.2) is 35.1 Å². The van der Waals surface area contributed by atoms with Crippen molar-refractivity contribution in [1.82, 2.24) is 15.2 Å². The lowest BCUT2D eigenvalue weighted by Gasteiger charge is -2.34. The van der Waals surface area contributed by atoms with Gasteiger partial charge in [0.2, 0.25) is 0 Å². The highest BCUT2D eigenvalue weighted by molar-refractivity contribution is 5.10. The maximum atomic E-state index is 4.10. The van der Waals surface area contributed by atoms with Gasteiger partial charge in [0.05, 0.1) is 0 Å². The van der Waals surface area contributed by atoms with Gasteiger partial charge in [-0.15, -0.1) is 0 Å². The quantitative estimate of drug-likeness (QED) is 0.856. The molecule has 0 radical (unpaired) electrons. The number of rotatable bonds is 4. The van der Waals surface area contributed by atoms with Crippen molar-refractivity contribution in [3.8, 4) is 0 Å². The summed E-state index contributed by atoms with van der Waals surface area (Å²) in [6, 6.07) is 5.94. The van der Waals surface area contributed by atoms with Crippen LogP contribution in [0.3, 0.4) is 0 Å². The van der Waals surface area contributed by atoms with Gasteiger partial charge >= 0.3 is 0 Å². The Hall–Kier alpha value is -0.930. The van der Waals surface area contributed by atoms with Gasteiger partial charge < -0.3 is 5.32 Å². The first kappa shape index (κ1) is 11.2. The summed E-state index contributed by atoms with van der Waals surface area (Å²) < 4.78 is 0. The van der Waals surface area contributed by atoms with E-state index in [9.17, 15) is 0 Å². The summed E-state index contributed by atoms with van der Waals surface area (Å²) in [7, 11) is 0. The number of aromatic nitrogens is 1. The highest BCUT2D eigenvalue weighted by Crippen LogP contribution is 2.32. The van der Waals surface area contributed by atoms with E-state index < -0.39 is 0 Å². The molecular weight excluding hydrogens is 210 g/mol. The first-order valence-electron chi connectivity index (χ1n) is 6.79. The molecule has 0 amide bonds. The molecule has 2 heterocycles. The third-order valence-electron chi connectivity index (χ3n) is 3.91. The zero-order valence-electron chi connectivity index (χ0n) is 10.3. The molecule has 1 saturated carbocycles. The average Bonchev–Trinajstić information content (AvgIpc) is 3.23.